The third kappa shape index (κ3) is 8.59. The number of rotatable bonds is 5. The quantitative estimate of drug-likeness (QED) is 0.545. The first-order valence-corrected chi connectivity index (χ1v) is 12.8. The summed E-state index contributed by atoms with van der Waals surface area (Å²) >= 11 is 0. The van der Waals surface area contributed by atoms with Crippen molar-refractivity contribution in [3.8, 4) is 0 Å². The van der Waals surface area contributed by atoms with E-state index in [1.165, 1.54) is 72.2 Å². The van der Waals surface area contributed by atoms with Gasteiger partial charge in [-0.25, -0.2) is 4.79 Å². The van der Waals surface area contributed by atoms with Crippen molar-refractivity contribution < 1.29 is 24.9 Å². The Kier molecular flexibility index (Phi) is 11.6. The van der Waals surface area contributed by atoms with Gasteiger partial charge in [-0.3, -0.25) is 24.6 Å². The summed E-state index contributed by atoms with van der Waals surface area (Å²) < 4.78 is 0. The summed E-state index contributed by atoms with van der Waals surface area (Å²) in [7, 11) is 4.42. The van der Waals surface area contributed by atoms with Gasteiger partial charge in [0, 0.05) is 36.9 Å². The molecule has 204 valence electrons. The number of hydrogen-bond donors (Lipinski definition) is 3. The lowest BCUT2D eigenvalue weighted by Crippen LogP contribution is -2.22. The van der Waals surface area contributed by atoms with Gasteiger partial charge in [-0.1, -0.05) is 0 Å². The minimum absolute atomic E-state index is 0.599. The Morgan fingerprint density at radius 1 is 0.838 bits per heavy atom. The number of aryl methyl sites for hydroxylation is 2. The maximum Gasteiger partial charge on any atom is 0.333 e. The number of aliphatic carboxylic acids is 2. The summed E-state index contributed by atoms with van der Waals surface area (Å²) in [6.45, 7) is 11.1. The molecular formula is C28H42N4O5. The summed E-state index contributed by atoms with van der Waals surface area (Å²) in [6.07, 6.45) is 10.6. The minimum Gasteiger partial charge on any atom is -0.481 e. The van der Waals surface area contributed by atoms with Crippen LogP contribution >= 0.6 is 0 Å². The summed E-state index contributed by atoms with van der Waals surface area (Å²) in [5.41, 5.74) is 8.29. The Morgan fingerprint density at radius 3 is 1.51 bits per heavy atom. The van der Waals surface area contributed by atoms with Gasteiger partial charge in [-0.05, 0) is 114 Å². The van der Waals surface area contributed by atoms with Gasteiger partial charge in [0.2, 0.25) is 0 Å². The van der Waals surface area contributed by atoms with E-state index in [4.69, 9.17) is 15.3 Å². The fraction of sp³-hybridized carbons (Fsp3) is 0.571. The molecule has 2 saturated heterocycles. The lowest BCUT2D eigenvalue weighted by Gasteiger charge is -2.21. The van der Waals surface area contributed by atoms with E-state index in [0.29, 0.717) is 12.1 Å². The third-order valence-corrected chi connectivity index (χ3v) is 7.42. The van der Waals surface area contributed by atoms with Crippen LogP contribution in [0, 0.1) is 27.7 Å². The number of aliphatic hydroxyl groups excluding tert-OH is 1. The molecule has 0 aliphatic carbocycles. The zero-order valence-electron chi connectivity index (χ0n) is 22.9. The van der Waals surface area contributed by atoms with E-state index in [2.05, 4.69) is 61.6 Å². The molecule has 3 N–H and O–H groups in total. The van der Waals surface area contributed by atoms with Crippen molar-refractivity contribution in [3.05, 3.63) is 58.2 Å². The molecule has 9 heteroatoms. The van der Waals surface area contributed by atoms with Crippen LogP contribution in [-0.2, 0) is 9.59 Å². The van der Waals surface area contributed by atoms with Crippen molar-refractivity contribution in [2.45, 2.75) is 78.0 Å². The lowest BCUT2D eigenvalue weighted by atomic mass is 9.99. The van der Waals surface area contributed by atoms with E-state index in [1.807, 2.05) is 24.8 Å². The number of carboxylic acid groups (broad SMARTS) is 2. The van der Waals surface area contributed by atoms with E-state index >= 15 is 0 Å². The van der Waals surface area contributed by atoms with Gasteiger partial charge >= 0.3 is 11.9 Å². The fourth-order valence-corrected chi connectivity index (χ4v) is 4.83. The van der Waals surface area contributed by atoms with Crippen LogP contribution in [0.5, 0.6) is 0 Å². The molecule has 2 aromatic rings. The highest BCUT2D eigenvalue weighted by Crippen LogP contribution is 2.33. The van der Waals surface area contributed by atoms with Gasteiger partial charge in [0.15, 0.2) is 6.10 Å². The van der Waals surface area contributed by atoms with Gasteiger partial charge in [-0.2, -0.15) is 0 Å². The van der Waals surface area contributed by atoms with Crippen LogP contribution in [0.2, 0.25) is 0 Å². The Labute approximate surface area is 220 Å². The maximum atomic E-state index is 9.72. The monoisotopic (exact) mass is 514 g/mol. The number of pyridine rings is 2. The average Bonchev–Trinajstić information content (AvgIpc) is 3.46. The predicted molar refractivity (Wildman–Crippen MR) is 143 cm³/mol. The van der Waals surface area contributed by atoms with E-state index in [9.17, 15) is 9.59 Å². The van der Waals surface area contributed by atoms with Gasteiger partial charge in [0.05, 0.1) is 6.42 Å². The van der Waals surface area contributed by atoms with Crippen molar-refractivity contribution in [3.63, 3.8) is 0 Å². The zero-order valence-corrected chi connectivity index (χ0v) is 22.9. The van der Waals surface area contributed by atoms with Crippen molar-refractivity contribution in [2.24, 2.45) is 0 Å². The summed E-state index contributed by atoms with van der Waals surface area (Å²) in [5, 5.41) is 24.1. The second-order valence-corrected chi connectivity index (χ2v) is 10.1. The number of aromatic nitrogens is 2. The molecular weight excluding hydrogens is 472 g/mol. The second kappa shape index (κ2) is 14.2. The third-order valence-electron chi connectivity index (χ3n) is 7.42. The normalized spacial score (nSPS) is 20.4. The Morgan fingerprint density at radius 2 is 1.24 bits per heavy atom. The molecule has 0 amide bonds. The molecule has 0 bridgehead atoms. The highest BCUT2D eigenvalue weighted by atomic mass is 16.4. The highest BCUT2D eigenvalue weighted by Gasteiger charge is 2.25. The zero-order chi connectivity index (χ0) is 27.7. The van der Waals surface area contributed by atoms with Gasteiger partial charge in [0.25, 0.3) is 0 Å². The molecule has 0 spiro atoms. The van der Waals surface area contributed by atoms with Crippen LogP contribution in [0.3, 0.4) is 0 Å². The minimum atomic E-state index is -1.79. The summed E-state index contributed by atoms with van der Waals surface area (Å²) in [6, 6.07) is 1.20. The molecule has 4 heterocycles. The molecule has 37 heavy (non-hydrogen) atoms. The topological polar surface area (TPSA) is 127 Å². The Bertz CT molecular complexity index is 993. The summed E-state index contributed by atoms with van der Waals surface area (Å²) in [5.74, 6) is -2.85. The van der Waals surface area contributed by atoms with E-state index in [1.54, 1.807) is 0 Å². The number of hydrogen-bond acceptors (Lipinski definition) is 7. The molecule has 2 aliphatic rings. The number of nitrogens with zero attached hydrogens (tertiary/aromatic N) is 4. The maximum absolute atomic E-state index is 9.72. The van der Waals surface area contributed by atoms with E-state index < -0.39 is 24.5 Å². The van der Waals surface area contributed by atoms with Crippen LogP contribution in [0.25, 0.3) is 0 Å². The standard InChI is InChI=1S/2C12H18N2.C4H6O5/c2*1-9-7-13-8-11(10(9)2)12-5-4-6-14(12)3;5-2(4(8)9)1-3(6)7/h2*7-8,12H,4-6H2,1-3H3;2,5H,1H2,(H,6,7)(H,8,9)/t2*12-;/m00./s1. The largest absolute Gasteiger partial charge is 0.481 e. The molecule has 0 radical (unpaired) electrons. The summed E-state index contributed by atoms with van der Waals surface area (Å²) in [4.78, 5) is 32.9. The van der Waals surface area contributed by atoms with Gasteiger partial charge in [0.1, 0.15) is 0 Å². The first-order valence-electron chi connectivity index (χ1n) is 12.8. The van der Waals surface area contributed by atoms with Crippen molar-refractivity contribution in [1.29, 1.82) is 0 Å². The molecule has 2 aliphatic heterocycles. The molecule has 0 saturated carbocycles. The van der Waals surface area contributed by atoms with Crippen LogP contribution in [-0.4, -0.2) is 80.3 Å². The second-order valence-electron chi connectivity index (χ2n) is 10.1. The van der Waals surface area contributed by atoms with Gasteiger partial charge in [-0.15, -0.1) is 0 Å². The molecule has 4 rings (SSSR count). The molecule has 0 aromatic carbocycles. The number of aliphatic hydroxyl groups is 1. The smallest absolute Gasteiger partial charge is 0.333 e. The van der Waals surface area contributed by atoms with Crippen molar-refractivity contribution >= 4 is 11.9 Å². The number of carboxylic acids is 2. The predicted octanol–water partition coefficient (Wildman–Crippen LogP) is 3.84. The van der Waals surface area contributed by atoms with Gasteiger partial charge < -0.3 is 15.3 Å². The van der Waals surface area contributed by atoms with Crippen LogP contribution in [0.1, 0.15) is 77.6 Å². The van der Waals surface area contributed by atoms with Crippen LogP contribution < -0.4 is 0 Å². The lowest BCUT2D eigenvalue weighted by molar-refractivity contribution is -0.152. The van der Waals surface area contributed by atoms with Crippen molar-refractivity contribution in [1.82, 2.24) is 19.8 Å². The van der Waals surface area contributed by atoms with E-state index in [0.717, 1.165) is 0 Å². The van der Waals surface area contributed by atoms with Crippen LogP contribution in [0.15, 0.2) is 24.8 Å². The first-order chi connectivity index (χ1) is 17.4. The number of likely N-dealkylation sites (tertiary alicyclic amines) is 2. The molecule has 9 nitrogen and oxygen atoms in total. The first kappa shape index (κ1) is 30.3. The Hall–Kier alpha value is -2.88. The fourth-order valence-electron chi connectivity index (χ4n) is 4.83. The highest BCUT2D eigenvalue weighted by molar-refractivity contribution is 5.79. The average molecular weight is 515 g/mol. The SMILES string of the molecule is Cc1cncc([C@@H]2CCCN2C)c1C.Cc1cncc([C@@H]2CCCN2C)c1C.O=C(O)CC(O)C(=O)O. The molecule has 2 fully saturated rings. The number of carbonyl (C=O) groups is 2. The molecule has 3 atom stereocenters. The molecule has 2 aromatic heterocycles. The molecule has 1 unspecified atom stereocenters. The van der Waals surface area contributed by atoms with Crippen LogP contribution in [0.4, 0.5) is 0 Å². The van der Waals surface area contributed by atoms with Crippen molar-refractivity contribution in [2.75, 3.05) is 27.2 Å². The van der Waals surface area contributed by atoms with E-state index in [-0.39, 0.29) is 0 Å². The Balaban J connectivity index is 0.000000201.